The molecule has 1 aliphatic carbocycles. The average molecular weight is 444 g/mol. The largest absolute Gasteiger partial charge is 0.491 e. The molecule has 2 N–H and O–H groups in total. The zero-order valence-electron chi connectivity index (χ0n) is 15.5. The number of aliphatic hydroxyl groups is 2. The molecule has 0 aromatic rings. The second-order valence-electron chi connectivity index (χ2n) is 7.45. The molecule has 0 radical (unpaired) electrons. The summed E-state index contributed by atoms with van der Waals surface area (Å²) in [6, 6.07) is 0. The van der Waals surface area contributed by atoms with Crippen LogP contribution in [0.15, 0.2) is 24.5 Å². The van der Waals surface area contributed by atoms with E-state index in [-0.39, 0.29) is 18.3 Å². The number of alkyl halides is 9. The third-order valence-corrected chi connectivity index (χ3v) is 5.27. The van der Waals surface area contributed by atoms with Crippen molar-refractivity contribution in [1.29, 1.82) is 0 Å². The minimum absolute atomic E-state index is 0.146. The van der Waals surface area contributed by atoms with E-state index in [0.717, 1.165) is 0 Å². The molecular weight excluding hydrogens is 423 g/mol. The molecule has 1 aliphatic rings. The summed E-state index contributed by atoms with van der Waals surface area (Å²) in [7, 11) is 0. The molecule has 29 heavy (non-hydrogen) atoms. The lowest BCUT2D eigenvalue weighted by Crippen LogP contribution is -2.64. The summed E-state index contributed by atoms with van der Waals surface area (Å²) >= 11 is 0. The van der Waals surface area contributed by atoms with Crippen molar-refractivity contribution in [3.05, 3.63) is 24.5 Å². The van der Waals surface area contributed by atoms with E-state index in [9.17, 15) is 49.7 Å². The van der Waals surface area contributed by atoms with Crippen LogP contribution in [0.3, 0.4) is 0 Å². The molecule has 170 valence electrons. The Balaban J connectivity index is 3.46. The van der Waals surface area contributed by atoms with Gasteiger partial charge < -0.3 is 14.9 Å². The van der Waals surface area contributed by atoms with E-state index >= 15 is 0 Å². The average Bonchev–Trinajstić information content (AvgIpc) is 2.50. The standard InChI is InChI=1S/C17H21F9O3/c1-8(2)9(3)29-12-6-10(13(4,27)15(18,19)20)5-11(7-12)14(28,16(21,22)23)17(24,25)26/h10-12,27-28H,1,3,5-7H2,2,4H3. The Morgan fingerprint density at radius 3 is 1.55 bits per heavy atom. The molecule has 0 saturated heterocycles. The summed E-state index contributed by atoms with van der Waals surface area (Å²) < 4.78 is 124. The molecule has 0 aromatic carbocycles. The quantitative estimate of drug-likeness (QED) is 0.355. The highest BCUT2D eigenvalue weighted by Crippen LogP contribution is 2.55. The van der Waals surface area contributed by atoms with Crippen LogP contribution in [0.4, 0.5) is 39.5 Å². The Kier molecular flexibility index (Phi) is 6.78. The first-order valence-electron chi connectivity index (χ1n) is 8.32. The highest BCUT2D eigenvalue weighted by atomic mass is 19.4. The van der Waals surface area contributed by atoms with Crippen LogP contribution in [0.1, 0.15) is 33.1 Å². The fourth-order valence-corrected chi connectivity index (χ4v) is 3.32. The Hall–Kier alpha value is -1.43. The minimum atomic E-state index is -6.22. The number of rotatable bonds is 5. The summed E-state index contributed by atoms with van der Waals surface area (Å²) in [4.78, 5) is 0. The second kappa shape index (κ2) is 7.68. The van der Waals surface area contributed by atoms with Gasteiger partial charge in [0.2, 0.25) is 0 Å². The molecular formula is C17H21F9O3. The molecule has 0 bridgehead atoms. The third-order valence-electron chi connectivity index (χ3n) is 5.27. The van der Waals surface area contributed by atoms with Crippen LogP contribution < -0.4 is 0 Å². The zero-order valence-corrected chi connectivity index (χ0v) is 15.5. The molecule has 0 aliphatic heterocycles. The van der Waals surface area contributed by atoms with Crippen molar-refractivity contribution in [3.8, 4) is 0 Å². The summed E-state index contributed by atoms with van der Waals surface area (Å²) in [6.45, 7) is 8.38. The molecule has 0 aromatic heterocycles. The van der Waals surface area contributed by atoms with Gasteiger partial charge in [0.1, 0.15) is 5.76 Å². The van der Waals surface area contributed by atoms with Crippen molar-refractivity contribution in [2.45, 2.75) is 68.9 Å². The number of hydrogen-bond acceptors (Lipinski definition) is 3. The van der Waals surface area contributed by atoms with Gasteiger partial charge in [-0.05, 0) is 38.7 Å². The topological polar surface area (TPSA) is 49.7 Å². The maximum absolute atomic E-state index is 13.2. The van der Waals surface area contributed by atoms with E-state index in [1.54, 1.807) is 0 Å². The van der Waals surface area contributed by atoms with Gasteiger partial charge in [-0.2, -0.15) is 39.5 Å². The van der Waals surface area contributed by atoms with E-state index in [0.29, 0.717) is 0 Å². The van der Waals surface area contributed by atoms with Gasteiger partial charge in [-0.15, -0.1) is 0 Å². The maximum Gasteiger partial charge on any atom is 0.426 e. The first-order valence-corrected chi connectivity index (χ1v) is 8.32. The van der Waals surface area contributed by atoms with Crippen molar-refractivity contribution >= 4 is 0 Å². The van der Waals surface area contributed by atoms with Crippen LogP contribution >= 0.6 is 0 Å². The zero-order chi connectivity index (χ0) is 23.2. The van der Waals surface area contributed by atoms with Crippen molar-refractivity contribution < 1.29 is 54.5 Å². The van der Waals surface area contributed by atoms with Gasteiger partial charge in [0.25, 0.3) is 5.60 Å². The second-order valence-corrected chi connectivity index (χ2v) is 7.45. The smallest absolute Gasteiger partial charge is 0.426 e. The van der Waals surface area contributed by atoms with Crippen molar-refractivity contribution in [2.24, 2.45) is 11.8 Å². The van der Waals surface area contributed by atoms with Gasteiger partial charge in [-0.1, -0.05) is 13.2 Å². The normalized spacial score (nSPS) is 26.6. The lowest BCUT2D eigenvalue weighted by molar-refractivity contribution is -0.391. The van der Waals surface area contributed by atoms with Crippen LogP contribution in [0, 0.1) is 11.8 Å². The Labute approximate surface area is 160 Å². The first-order chi connectivity index (χ1) is 12.7. The number of ether oxygens (including phenoxy) is 1. The monoisotopic (exact) mass is 444 g/mol. The predicted octanol–water partition coefficient (Wildman–Crippen LogP) is 5.05. The van der Waals surface area contributed by atoms with Crippen LogP contribution in [-0.4, -0.2) is 46.0 Å². The summed E-state index contributed by atoms with van der Waals surface area (Å²) in [6.07, 6.45) is -22.6. The number of hydrogen-bond donors (Lipinski definition) is 2. The van der Waals surface area contributed by atoms with Gasteiger partial charge in [0, 0.05) is 11.8 Å². The van der Waals surface area contributed by atoms with Gasteiger partial charge in [-0.3, -0.25) is 0 Å². The van der Waals surface area contributed by atoms with Crippen LogP contribution in [0.5, 0.6) is 0 Å². The molecule has 3 nitrogen and oxygen atoms in total. The summed E-state index contributed by atoms with van der Waals surface area (Å²) in [5.41, 5.74) is -8.75. The van der Waals surface area contributed by atoms with E-state index in [1.807, 2.05) is 0 Å². The van der Waals surface area contributed by atoms with E-state index in [4.69, 9.17) is 4.74 Å². The lowest BCUT2D eigenvalue weighted by atomic mass is 9.66. The Morgan fingerprint density at radius 2 is 1.21 bits per heavy atom. The molecule has 0 spiro atoms. The predicted molar refractivity (Wildman–Crippen MR) is 83.4 cm³/mol. The van der Waals surface area contributed by atoms with E-state index < -0.39 is 66.9 Å². The molecule has 4 unspecified atom stereocenters. The molecule has 0 amide bonds. The maximum atomic E-state index is 13.2. The number of allylic oxidation sites excluding steroid dienone is 1. The molecule has 12 heteroatoms. The molecule has 1 saturated carbocycles. The van der Waals surface area contributed by atoms with Crippen LogP contribution in [-0.2, 0) is 4.74 Å². The SMILES string of the molecule is C=C(C)C(=C)OC1CC(C(C)(O)C(F)(F)F)CC(C(O)(C(F)(F)F)C(F)(F)F)C1. The summed E-state index contributed by atoms with van der Waals surface area (Å²) in [5.74, 6) is -5.11. The fourth-order valence-electron chi connectivity index (χ4n) is 3.32. The summed E-state index contributed by atoms with van der Waals surface area (Å²) in [5, 5.41) is 19.5. The number of halogens is 9. The van der Waals surface area contributed by atoms with E-state index in [2.05, 4.69) is 13.2 Å². The van der Waals surface area contributed by atoms with Gasteiger partial charge >= 0.3 is 18.5 Å². The minimum Gasteiger partial charge on any atom is -0.491 e. The van der Waals surface area contributed by atoms with Crippen LogP contribution in [0.25, 0.3) is 0 Å². The van der Waals surface area contributed by atoms with Gasteiger partial charge in [-0.25, -0.2) is 0 Å². The highest BCUT2D eigenvalue weighted by Gasteiger charge is 2.75. The molecule has 1 rings (SSSR count). The fraction of sp³-hybridized carbons (Fsp3) is 0.765. The Morgan fingerprint density at radius 1 is 0.793 bits per heavy atom. The van der Waals surface area contributed by atoms with E-state index in [1.165, 1.54) is 6.92 Å². The third kappa shape index (κ3) is 4.84. The molecule has 4 atom stereocenters. The highest BCUT2D eigenvalue weighted by molar-refractivity contribution is 5.17. The van der Waals surface area contributed by atoms with Gasteiger partial charge in [0.15, 0.2) is 5.60 Å². The Bertz CT molecular complexity index is 618. The van der Waals surface area contributed by atoms with Crippen molar-refractivity contribution in [2.75, 3.05) is 0 Å². The van der Waals surface area contributed by atoms with Gasteiger partial charge in [0.05, 0.1) is 6.10 Å². The molecule has 1 fully saturated rings. The van der Waals surface area contributed by atoms with Crippen molar-refractivity contribution in [1.82, 2.24) is 0 Å². The molecule has 0 heterocycles. The van der Waals surface area contributed by atoms with Crippen molar-refractivity contribution in [3.63, 3.8) is 0 Å². The lowest BCUT2D eigenvalue weighted by Gasteiger charge is -2.47. The first kappa shape index (κ1) is 25.6. The van der Waals surface area contributed by atoms with Crippen LogP contribution in [0.2, 0.25) is 0 Å².